The molecule has 2 aromatic heterocycles. The molecule has 11 aromatic rings. The van der Waals surface area contributed by atoms with Gasteiger partial charge in [0.1, 0.15) is 11.2 Å². The number of benzene rings is 9. The monoisotopic (exact) mass is 766 g/mol. The average Bonchev–Trinajstić information content (AvgIpc) is 3.80. The van der Waals surface area contributed by atoms with Crippen molar-refractivity contribution in [2.75, 3.05) is 0 Å². The van der Waals surface area contributed by atoms with E-state index in [2.05, 4.69) is 190 Å². The van der Waals surface area contributed by atoms with Crippen molar-refractivity contribution < 1.29 is 4.42 Å². The Morgan fingerprint density at radius 3 is 1.83 bits per heavy atom. The second kappa shape index (κ2) is 13.2. The lowest BCUT2D eigenvalue weighted by molar-refractivity contribution is 0.661. The van der Waals surface area contributed by atoms with Gasteiger partial charge in [-0.3, -0.25) is 0 Å². The molecule has 1 aliphatic carbocycles. The Morgan fingerprint density at radius 1 is 0.383 bits per heavy atom. The predicted molar refractivity (Wildman–Crippen MR) is 249 cm³/mol. The van der Waals surface area contributed by atoms with Crippen LogP contribution in [0.4, 0.5) is 0 Å². The number of furan rings is 1. The van der Waals surface area contributed by atoms with Gasteiger partial charge in [-0.15, -0.1) is 0 Å². The van der Waals surface area contributed by atoms with E-state index in [1.165, 1.54) is 60.7 Å². The summed E-state index contributed by atoms with van der Waals surface area (Å²) in [5, 5.41) is 7.16. The molecule has 0 saturated carbocycles. The second-order valence-electron chi connectivity index (χ2n) is 16.6. The smallest absolute Gasteiger partial charge is 0.160 e. The number of aromatic nitrogens is 2. The van der Waals surface area contributed by atoms with Crippen molar-refractivity contribution in [1.82, 2.24) is 9.97 Å². The van der Waals surface area contributed by atoms with Crippen LogP contribution in [0.5, 0.6) is 0 Å². The summed E-state index contributed by atoms with van der Waals surface area (Å²) in [5.74, 6) is 0.716. The molecule has 0 atom stereocenters. The zero-order valence-electron chi connectivity index (χ0n) is 33.3. The van der Waals surface area contributed by atoms with Gasteiger partial charge in [0, 0.05) is 32.9 Å². The summed E-state index contributed by atoms with van der Waals surface area (Å²) in [6.45, 7) is 4.69. The average molecular weight is 767 g/mol. The van der Waals surface area contributed by atoms with Crippen LogP contribution in [-0.4, -0.2) is 9.97 Å². The van der Waals surface area contributed by atoms with Gasteiger partial charge in [-0.05, 0) is 109 Å². The van der Waals surface area contributed by atoms with E-state index < -0.39 is 0 Å². The van der Waals surface area contributed by atoms with Gasteiger partial charge >= 0.3 is 0 Å². The van der Waals surface area contributed by atoms with Crippen LogP contribution in [0.1, 0.15) is 25.0 Å². The lowest BCUT2D eigenvalue weighted by Gasteiger charge is -2.22. The normalized spacial score (nSPS) is 13.0. The van der Waals surface area contributed by atoms with E-state index in [1.54, 1.807) is 0 Å². The van der Waals surface area contributed by atoms with Crippen LogP contribution in [-0.2, 0) is 5.41 Å². The van der Waals surface area contributed by atoms with Crippen LogP contribution in [0.2, 0.25) is 0 Å². The SMILES string of the molecule is CC1(C)c2cc3ccccc3cc2-c2c(-c3cc(-c4ccc5cc(-c6ccc(-c7cccc8oc9ccccc9c78)cc6)ccc5c4)nc(-c4ccccc4)n3)cccc21. The van der Waals surface area contributed by atoms with Gasteiger partial charge < -0.3 is 4.42 Å². The number of hydrogen-bond donors (Lipinski definition) is 0. The standard InChI is InChI=1S/C57H38N2O/c1-57(2)48-19-10-18-45(54(48)47-32-38-14-6-7-15-39(38)33-49(47)57)51-34-50(58-56(59-51)37-12-4-3-5-13-37)43-29-28-41-30-40(26-27-42(41)31-43)35-22-24-36(25-23-35)44-17-11-21-53-55(44)46-16-8-9-20-52(46)60-53/h3-34H,1-2H3. The van der Waals surface area contributed by atoms with E-state index in [9.17, 15) is 0 Å². The lowest BCUT2D eigenvalue weighted by atomic mass is 9.81. The molecular weight excluding hydrogens is 729 g/mol. The summed E-state index contributed by atoms with van der Waals surface area (Å²) in [7, 11) is 0. The zero-order chi connectivity index (χ0) is 40.0. The highest BCUT2D eigenvalue weighted by Crippen LogP contribution is 2.53. The summed E-state index contributed by atoms with van der Waals surface area (Å²) in [4.78, 5) is 10.5. The van der Waals surface area contributed by atoms with E-state index in [4.69, 9.17) is 14.4 Å². The van der Waals surface area contributed by atoms with Gasteiger partial charge in [-0.25, -0.2) is 9.97 Å². The van der Waals surface area contributed by atoms with Crippen molar-refractivity contribution in [3.63, 3.8) is 0 Å². The van der Waals surface area contributed by atoms with E-state index in [1.807, 2.05) is 18.2 Å². The molecule has 0 radical (unpaired) electrons. The molecule has 0 aliphatic heterocycles. The fourth-order valence-corrected chi connectivity index (χ4v) is 9.58. The second-order valence-corrected chi connectivity index (χ2v) is 16.6. The molecule has 12 rings (SSSR count). The number of nitrogens with zero attached hydrogens (tertiary/aromatic N) is 2. The molecule has 0 saturated heterocycles. The Hall–Kier alpha value is -7.62. The van der Waals surface area contributed by atoms with Crippen LogP contribution in [0, 0.1) is 0 Å². The Balaban J connectivity index is 0.933. The Labute approximate surface area is 348 Å². The van der Waals surface area contributed by atoms with E-state index in [0.29, 0.717) is 5.82 Å². The Kier molecular flexibility index (Phi) is 7.58. The molecule has 1 aliphatic rings. The minimum absolute atomic E-state index is 0.147. The van der Waals surface area contributed by atoms with Gasteiger partial charge in [-0.1, -0.05) is 166 Å². The van der Waals surface area contributed by atoms with Crippen LogP contribution < -0.4 is 0 Å². The summed E-state index contributed by atoms with van der Waals surface area (Å²) in [6.07, 6.45) is 0. The van der Waals surface area contributed by atoms with Crippen LogP contribution >= 0.6 is 0 Å². The number of fused-ring (bicyclic) bond motifs is 8. The van der Waals surface area contributed by atoms with Crippen molar-refractivity contribution in [1.29, 1.82) is 0 Å². The quantitative estimate of drug-likeness (QED) is 0.175. The van der Waals surface area contributed by atoms with Crippen molar-refractivity contribution in [2.45, 2.75) is 19.3 Å². The maximum Gasteiger partial charge on any atom is 0.160 e. The Morgan fingerprint density at radius 2 is 1.00 bits per heavy atom. The summed E-state index contributed by atoms with van der Waals surface area (Å²) in [5.41, 5.74) is 16.6. The highest BCUT2D eigenvalue weighted by Gasteiger charge is 2.37. The number of rotatable bonds is 5. The molecule has 0 spiro atoms. The van der Waals surface area contributed by atoms with Crippen molar-refractivity contribution in [3.05, 3.63) is 205 Å². The molecule has 282 valence electrons. The van der Waals surface area contributed by atoms with E-state index in [0.717, 1.165) is 55.4 Å². The largest absolute Gasteiger partial charge is 0.456 e. The van der Waals surface area contributed by atoms with Gasteiger partial charge in [0.2, 0.25) is 0 Å². The molecule has 0 amide bonds. The van der Waals surface area contributed by atoms with E-state index in [-0.39, 0.29) is 5.41 Å². The predicted octanol–water partition coefficient (Wildman–Crippen LogP) is 15.3. The molecular formula is C57H38N2O. The fraction of sp³-hybridized carbons (Fsp3) is 0.0526. The maximum absolute atomic E-state index is 6.18. The van der Waals surface area contributed by atoms with Crippen molar-refractivity contribution >= 4 is 43.5 Å². The third-order valence-corrected chi connectivity index (χ3v) is 12.7. The molecule has 3 nitrogen and oxygen atoms in total. The molecule has 0 fully saturated rings. The van der Waals surface area contributed by atoms with Gasteiger partial charge in [-0.2, -0.15) is 0 Å². The molecule has 9 aromatic carbocycles. The van der Waals surface area contributed by atoms with Gasteiger partial charge in [0.25, 0.3) is 0 Å². The third-order valence-electron chi connectivity index (χ3n) is 12.7. The summed E-state index contributed by atoms with van der Waals surface area (Å²) in [6, 6.07) is 69.6. The third kappa shape index (κ3) is 5.43. The first-order chi connectivity index (χ1) is 29.5. The van der Waals surface area contributed by atoms with Crippen LogP contribution in [0.25, 0.3) is 111 Å². The maximum atomic E-state index is 6.18. The highest BCUT2D eigenvalue weighted by atomic mass is 16.3. The molecule has 3 heteroatoms. The van der Waals surface area contributed by atoms with Crippen molar-refractivity contribution in [3.8, 4) is 67.3 Å². The highest BCUT2D eigenvalue weighted by molar-refractivity contribution is 6.12. The van der Waals surface area contributed by atoms with Gasteiger partial charge in [0.15, 0.2) is 5.82 Å². The first-order valence-electron chi connectivity index (χ1n) is 20.6. The van der Waals surface area contributed by atoms with E-state index >= 15 is 0 Å². The lowest BCUT2D eigenvalue weighted by Crippen LogP contribution is -2.14. The molecule has 60 heavy (non-hydrogen) atoms. The molecule has 0 N–H and O–H groups in total. The van der Waals surface area contributed by atoms with Crippen LogP contribution in [0.3, 0.4) is 0 Å². The number of para-hydroxylation sites is 1. The number of hydrogen-bond acceptors (Lipinski definition) is 3. The van der Waals surface area contributed by atoms with Gasteiger partial charge in [0.05, 0.1) is 11.4 Å². The zero-order valence-corrected chi connectivity index (χ0v) is 33.3. The van der Waals surface area contributed by atoms with Crippen LogP contribution in [0.15, 0.2) is 199 Å². The first-order valence-corrected chi connectivity index (χ1v) is 20.6. The topological polar surface area (TPSA) is 38.9 Å². The Bertz CT molecular complexity index is 3500. The molecule has 2 heterocycles. The summed E-state index contributed by atoms with van der Waals surface area (Å²) < 4.78 is 6.18. The summed E-state index contributed by atoms with van der Waals surface area (Å²) >= 11 is 0. The molecule has 0 unspecified atom stereocenters. The minimum atomic E-state index is -0.147. The minimum Gasteiger partial charge on any atom is -0.456 e. The molecule has 0 bridgehead atoms. The first kappa shape index (κ1) is 34.4. The van der Waals surface area contributed by atoms with Crippen molar-refractivity contribution in [2.24, 2.45) is 0 Å². The fourth-order valence-electron chi connectivity index (χ4n) is 9.58.